The summed E-state index contributed by atoms with van der Waals surface area (Å²) >= 11 is 1.72. The lowest BCUT2D eigenvalue weighted by Crippen LogP contribution is -2.36. The molecule has 0 saturated carbocycles. The maximum absolute atomic E-state index is 5.70. The van der Waals surface area contributed by atoms with Crippen LogP contribution in [0.15, 0.2) is 5.38 Å². The Balaban J connectivity index is 1.75. The van der Waals surface area contributed by atoms with Gasteiger partial charge < -0.3 is 10.1 Å². The van der Waals surface area contributed by atoms with Crippen LogP contribution < -0.4 is 5.32 Å². The molecule has 0 aromatic carbocycles. The number of nitrogens with zero attached hydrogens (tertiary/aromatic N) is 1. The number of aromatic nitrogens is 1. The number of hydrogen-bond donors (Lipinski definition) is 1. The lowest BCUT2D eigenvalue weighted by Gasteiger charge is -2.23. The summed E-state index contributed by atoms with van der Waals surface area (Å²) in [6.07, 6.45) is 2.35. The zero-order valence-corrected chi connectivity index (χ0v) is 10.2. The molecule has 1 aliphatic heterocycles. The average Bonchev–Trinajstić information content (AvgIpc) is 2.76. The van der Waals surface area contributed by atoms with Gasteiger partial charge in [-0.2, -0.15) is 0 Å². The molecule has 0 radical (unpaired) electrons. The van der Waals surface area contributed by atoms with Crippen LogP contribution in [0.4, 0.5) is 0 Å². The van der Waals surface area contributed by atoms with E-state index in [1.54, 1.807) is 11.3 Å². The van der Waals surface area contributed by atoms with E-state index in [-0.39, 0.29) is 5.60 Å². The summed E-state index contributed by atoms with van der Waals surface area (Å²) < 4.78 is 5.70. The highest BCUT2D eigenvalue weighted by atomic mass is 32.1. The fraction of sp³-hybridized carbons (Fsp3) is 0.727. The number of hydrogen-bond acceptors (Lipinski definition) is 4. The molecule has 0 spiro atoms. The molecule has 1 N–H and O–H groups in total. The van der Waals surface area contributed by atoms with Crippen LogP contribution in [0.1, 0.15) is 30.5 Å². The van der Waals surface area contributed by atoms with Crippen LogP contribution >= 0.6 is 11.3 Å². The summed E-state index contributed by atoms with van der Waals surface area (Å²) in [5.74, 6) is 0. The molecule has 1 aromatic rings. The molecule has 2 rings (SSSR count). The molecule has 2 heterocycles. The normalized spacial score (nSPS) is 26.0. The van der Waals surface area contributed by atoms with Crippen molar-refractivity contribution in [2.75, 3.05) is 13.2 Å². The van der Waals surface area contributed by atoms with Crippen LogP contribution in [0.5, 0.6) is 0 Å². The SMILES string of the molecule is Cc1csc(CNCC2(C)CCCO2)n1. The highest BCUT2D eigenvalue weighted by Gasteiger charge is 2.28. The third-order valence-corrected chi connectivity index (χ3v) is 3.71. The molecule has 0 amide bonds. The fourth-order valence-corrected chi connectivity index (χ4v) is 2.64. The van der Waals surface area contributed by atoms with Gasteiger partial charge in [0, 0.05) is 30.8 Å². The van der Waals surface area contributed by atoms with Gasteiger partial charge >= 0.3 is 0 Å². The Kier molecular flexibility index (Phi) is 3.38. The van der Waals surface area contributed by atoms with Gasteiger partial charge in [0.15, 0.2) is 0 Å². The summed E-state index contributed by atoms with van der Waals surface area (Å²) in [6.45, 7) is 6.90. The lowest BCUT2D eigenvalue weighted by molar-refractivity contribution is 0.0207. The Morgan fingerprint density at radius 1 is 1.67 bits per heavy atom. The van der Waals surface area contributed by atoms with E-state index in [4.69, 9.17) is 4.74 Å². The van der Waals surface area contributed by atoms with Crippen LogP contribution in [-0.4, -0.2) is 23.7 Å². The van der Waals surface area contributed by atoms with Crippen molar-refractivity contribution in [2.24, 2.45) is 0 Å². The van der Waals surface area contributed by atoms with Crippen molar-refractivity contribution in [2.45, 2.75) is 38.8 Å². The van der Waals surface area contributed by atoms with E-state index in [0.717, 1.165) is 36.8 Å². The number of rotatable bonds is 4. The highest BCUT2D eigenvalue weighted by molar-refractivity contribution is 7.09. The zero-order valence-electron chi connectivity index (χ0n) is 9.38. The van der Waals surface area contributed by atoms with Gasteiger partial charge in [-0.25, -0.2) is 4.98 Å². The van der Waals surface area contributed by atoms with Crippen LogP contribution in [0, 0.1) is 6.92 Å². The first-order valence-electron chi connectivity index (χ1n) is 5.44. The summed E-state index contributed by atoms with van der Waals surface area (Å²) in [5.41, 5.74) is 1.16. The molecule has 1 atom stereocenters. The number of ether oxygens (including phenoxy) is 1. The second-order valence-corrected chi connectivity index (χ2v) is 5.33. The van der Waals surface area contributed by atoms with Gasteiger partial charge in [-0.3, -0.25) is 0 Å². The molecule has 1 saturated heterocycles. The maximum Gasteiger partial charge on any atom is 0.107 e. The van der Waals surface area contributed by atoms with E-state index >= 15 is 0 Å². The zero-order chi connectivity index (χ0) is 10.7. The van der Waals surface area contributed by atoms with Crippen LogP contribution in [-0.2, 0) is 11.3 Å². The largest absolute Gasteiger partial charge is 0.374 e. The smallest absolute Gasteiger partial charge is 0.107 e. The van der Waals surface area contributed by atoms with Gasteiger partial charge in [0.1, 0.15) is 5.01 Å². The predicted octanol–water partition coefficient (Wildman–Crippen LogP) is 2.11. The maximum atomic E-state index is 5.70. The lowest BCUT2D eigenvalue weighted by atomic mass is 10.0. The summed E-state index contributed by atoms with van der Waals surface area (Å²) in [7, 11) is 0. The first kappa shape index (κ1) is 11.0. The summed E-state index contributed by atoms with van der Waals surface area (Å²) in [5, 5.41) is 6.67. The van der Waals surface area contributed by atoms with E-state index in [0.29, 0.717) is 0 Å². The Morgan fingerprint density at radius 3 is 3.13 bits per heavy atom. The molecule has 84 valence electrons. The molecule has 4 heteroatoms. The second kappa shape index (κ2) is 4.60. The average molecular weight is 226 g/mol. The van der Waals surface area contributed by atoms with E-state index in [1.165, 1.54) is 6.42 Å². The molecular weight excluding hydrogens is 208 g/mol. The topological polar surface area (TPSA) is 34.1 Å². The molecule has 1 unspecified atom stereocenters. The van der Waals surface area contributed by atoms with Crippen molar-refractivity contribution in [1.82, 2.24) is 10.3 Å². The van der Waals surface area contributed by atoms with E-state index < -0.39 is 0 Å². The quantitative estimate of drug-likeness (QED) is 0.854. The minimum absolute atomic E-state index is 0.0479. The second-order valence-electron chi connectivity index (χ2n) is 4.39. The highest BCUT2D eigenvalue weighted by Crippen LogP contribution is 2.24. The van der Waals surface area contributed by atoms with Gasteiger partial charge in [0.25, 0.3) is 0 Å². The van der Waals surface area contributed by atoms with Gasteiger partial charge in [0.05, 0.1) is 5.60 Å². The Labute approximate surface area is 94.9 Å². The summed E-state index contributed by atoms with van der Waals surface area (Å²) in [4.78, 5) is 4.41. The molecule has 3 nitrogen and oxygen atoms in total. The van der Waals surface area contributed by atoms with Crippen molar-refractivity contribution in [1.29, 1.82) is 0 Å². The van der Waals surface area contributed by atoms with Crippen molar-refractivity contribution in [3.8, 4) is 0 Å². The number of nitrogens with one attached hydrogen (secondary N) is 1. The van der Waals surface area contributed by atoms with Crippen molar-refractivity contribution >= 4 is 11.3 Å². The molecule has 1 fully saturated rings. The molecule has 0 aliphatic carbocycles. The van der Waals surface area contributed by atoms with Gasteiger partial charge in [-0.1, -0.05) is 0 Å². The minimum Gasteiger partial charge on any atom is -0.374 e. The van der Waals surface area contributed by atoms with Crippen molar-refractivity contribution < 1.29 is 4.74 Å². The van der Waals surface area contributed by atoms with E-state index in [2.05, 4.69) is 22.6 Å². The van der Waals surface area contributed by atoms with Crippen LogP contribution in [0.3, 0.4) is 0 Å². The van der Waals surface area contributed by atoms with E-state index in [9.17, 15) is 0 Å². The van der Waals surface area contributed by atoms with Crippen LogP contribution in [0.2, 0.25) is 0 Å². The fourth-order valence-electron chi connectivity index (χ4n) is 1.89. The summed E-state index contributed by atoms with van der Waals surface area (Å²) in [6, 6.07) is 0. The van der Waals surface area contributed by atoms with Crippen molar-refractivity contribution in [3.63, 3.8) is 0 Å². The van der Waals surface area contributed by atoms with Crippen LogP contribution in [0.25, 0.3) is 0 Å². The minimum atomic E-state index is 0.0479. The van der Waals surface area contributed by atoms with Crippen molar-refractivity contribution in [3.05, 3.63) is 16.1 Å². The Hall–Kier alpha value is -0.450. The molecule has 1 aliphatic rings. The first-order chi connectivity index (χ1) is 7.18. The third kappa shape index (κ3) is 3.00. The molecular formula is C11H18N2OS. The Morgan fingerprint density at radius 2 is 2.53 bits per heavy atom. The van der Waals surface area contributed by atoms with Gasteiger partial charge in [-0.05, 0) is 26.7 Å². The van der Waals surface area contributed by atoms with Gasteiger partial charge in [0.2, 0.25) is 0 Å². The molecule has 15 heavy (non-hydrogen) atoms. The standard InChI is InChI=1S/C11H18N2OS/c1-9-7-15-10(13-9)6-12-8-11(2)4-3-5-14-11/h7,12H,3-6,8H2,1-2H3. The number of aryl methyl sites for hydroxylation is 1. The molecule has 0 bridgehead atoms. The van der Waals surface area contributed by atoms with Gasteiger partial charge in [-0.15, -0.1) is 11.3 Å². The van der Waals surface area contributed by atoms with E-state index in [1.807, 2.05) is 6.92 Å². The Bertz CT molecular complexity index is 318. The molecule has 1 aromatic heterocycles. The third-order valence-electron chi connectivity index (χ3n) is 2.74. The first-order valence-corrected chi connectivity index (χ1v) is 6.32. The predicted molar refractivity (Wildman–Crippen MR) is 62.1 cm³/mol. The monoisotopic (exact) mass is 226 g/mol. The number of thiazole rings is 1.